The molecule has 0 amide bonds. The molecule has 0 radical (unpaired) electrons. The highest BCUT2D eigenvalue weighted by atomic mass is 19.1. The number of morpholine rings is 1. The zero-order valence-electron chi connectivity index (χ0n) is 25.4. The summed E-state index contributed by atoms with van der Waals surface area (Å²) in [7, 11) is 0. The van der Waals surface area contributed by atoms with Gasteiger partial charge in [0.05, 0.1) is 25.3 Å². The SMILES string of the molecule is O=C(Cc1ccc(Oc2ccnc3ccc(OCCN4CCOCC4)cc23)c(F)c1)c1c2c(cn(-c3ccc(F)cc3)c1=O)CCO2. The zero-order chi connectivity index (χ0) is 32.3. The van der Waals surface area contributed by atoms with Crippen LogP contribution in [0.4, 0.5) is 8.78 Å². The van der Waals surface area contributed by atoms with E-state index in [0.29, 0.717) is 58.9 Å². The minimum Gasteiger partial charge on any atom is -0.492 e. The Morgan fingerprint density at radius 3 is 2.57 bits per heavy atom. The van der Waals surface area contributed by atoms with Gasteiger partial charge in [-0.1, -0.05) is 6.07 Å². The molecule has 9 nitrogen and oxygen atoms in total. The first-order valence-electron chi connectivity index (χ1n) is 15.4. The third-order valence-electron chi connectivity index (χ3n) is 8.27. The molecular formula is C36H31F2N3O6. The van der Waals surface area contributed by atoms with E-state index in [1.165, 1.54) is 41.0 Å². The standard InChI is InChI=1S/C36H31F2N3O6/c37-25-2-4-26(5-3-25)41-22-24-10-15-46-35(24)34(36(41)43)31(42)20-23-1-8-33(29(38)19-23)47-32-9-11-39-30-7-6-27(21-28(30)32)45-18-14-40-12-16-44-17-13-40/h1-9,11,19,21-22H,10,12-18,20H2. The van der Waals surface area contributed by atoms with Crippen LogP contribution >= 0.6 is 0 Å². The smallest absolute Gasteiger partial charge is 0.269 e. The Balaban J connectivity index is 1.08. The highest BCUT2D eigenvalue weighted by molar-refractivity contribution is 6.00. The number of carbonyl (C=O) groups excluding carboxylic acids is 1. The fourth-order valence-corrected chi connectivity index (χ4v) is 5.82. The quantitative estimate of drug-likeness (QED) is 0.184. The van der Waals surface area contributed by atoms with Crippen molar-refractivity contribution in [3.63, 3.8) is 0 Å². The Bertz CT molecular complexity index is 2010. The van der Waals surface area contributed by atoms with E-state index in [-0.39, 0.29) is 23.5 Å². The molecule has 7 rings (SSSR count). The minimum absolute atomic E-state index is 0.0325. The summed E-state index contributed by atoms with van der Waals surface area (Å²) in [5, 5.41) is 0.658. The Labute approximate surface area is 268 Å². The van der Waals surface area contributed by atoms with Crippen molar-refractivity contribution in [3.05, 3.63) is 118 Å². The van der Waals surface area contributed by atoms with Crippen molar-refractivity contribution < 1.29 is 32.5 Å². The number of ether oxygens (including phenoxy) is 4. The van der Waals surface area contributed by atoms with Crippen LogP contribution in [0.15, 0.2) is 83.9 Å². The van der Waals surface area contributed by atoms with Crippen molar-refractivity contribution >= 4 is 16.7 Å². The van der Waals surface area contributed by atoms with Gasteiger partial charge in [0.2, 0.25) is 0 Å². The molecule has 1 fully saturated rings. The van der Waals surface area contributed by atoms with Crippen LogP contribution in [0, 0.1) is 11.6 Å². The van der Waals surface area contributed by atoms with Crippen molar-refractivity contribution in [3.8, 4) is 28.7 Å². The van der Waals surface area contributed by atoms with Gasteiger partial charge in [0.1, 0.15) is 35.2 Å². The average molecular weight is 640 g/mol. The molecule has 2 aliphatic rings. The van der Waals surface area contributed by atoms with Gasteiger partial charge in [-0.3, -0.25) is 24.0 Å². The number of Topliss-reactive ketones (excluding diaryl/α,β-unsaturated/α-hetero) is 1. The summed E-state index contributed by atoms with van der Waals surface area (Å²) in [6, 6.07) is 16.8. The molecule has 240 valence electrons. The number of hydrogen-bond acceptors (Lipinski definition) is 8. The molecule has 0 aliphatic carbocycles. The molecule has 0 spiro atoms. The molecule has 0 bridgehead atoms. The summed E-state index contributed by atoms with van der Waals surface area (Å²) in [5.74, 6) is -0.372. The lowest BCUT2D eigenvalue weighted by atomic mass is 10.0. The summed E-state index contributed by atoms with van der Waals surface area (Å²) in [6.45, 7) is 4.81. The van der Waals surface area contributed by atoms with E-state index in [4.69, 9.17) is 18.9 Å². The maximum absolute atomic E-state index is 15.4. The first-order valence-corrected chi connectivity index (χ1v) is 15.4. The number of ketones is 1. The van der Waals surface area contributed by atoms with Crippen LogP contribution in [-0.2, 0) is 17.6 Å². The predicted octanol–water partition coefficient (Wildman–Crippen LogP) is 5.53. The van der Waals surface area contributed by atoms with Gasteiger partial charge in [0.15, 0.2) is 17.3 Å². The highest BCUT2D eigenvalue weighted by Gasteiger charge is 2.27. The fraction of sp³-hybridized carbons (Fsp3) is 0.250. The third kappa shape index (κ3) is 6.58. The number of aromatic nitrogens is 2. The van der Waals surface area contributed by atoms with Crippen molar-refractivity contribution in [2.75, 3.05) is 46.1 Å². The van der Waals surface area contributed by atoms with Gasteiger partial charge in [-0.05, 0) is 66.2 Å². The maximum atomic E-state index is 15.4. The van der Waals surface area contributed by atoms with Crippen LogP contribution in [0.2, 0.25) is 0 Å². The molecule has 5 aromatic rings. The molecule has 1 saturated heterocycles. The second kappa shape index (κ2) is 13.3. The van der Waals surface area contributed by atoms with Crippen LogP contribution in [0.3, 0.4) is 0 Å². The van der Waals surface area contributed by atoms with Crippen LogP contribution in [-0.4, -0.2) is 66.3 Å². The summed E-state index contributed by atoms with van der Waals surface area (Å²) in [4.78, 5) is 33.7. The van der Waals surface area contributed by atoms with Gasteiger partial charge in [-0.15, -0.1) is 0 Å². The Hall–Kier alpha value is -5.13. The number of benzene rings is 3. The molecule has 0 atom stereocenters. The number of nitrogens with zero attached hydrogens (tertiary/aromatic N) is 3. The molecule has 2 aromatic heterocycles. The van der Waals surface area contributed by atoms with Crippen molar-refractivity contribution in [1.29, 1.82) is 0 Å². The maximum Gasteiger partial charge on any atom is 0.269 e. The predicted molar refractivity (Wildman–Crippen MR) is 170 cm³/mol. The third-order valence-corrected chi connectivity index (χ3v) is 8.27. The van der Waals surface area contributed by atoms with E-state index < -0.39 is 23.0 Å². The number of halogens is 2. The number of pyridine rings is 2. The summed E-state index contributed by atoms with van der Waals surface area (Å²) >= 11 is 0. The Morgan fingerprint density at radius 1 is 0.936 bits per heavy atom. The van der Waals surface area contributed by atoms with E-state index in [1.807, 2.05) is 18.2 Å². The second-order valence-corrected chi connectivity index (χ2v) is 11.4. The number of hydrogen-bond donors (Lipinski definition) is 0. The number of rotatable bonds is 10. The van der Waals surface area contributed by atoms with Crippen LogP contribution in [0.25, 0.3) is 16.6 Å². The van der Waals surface area contributed by atoms with Gasteiger partial charge in [-0.2, -0.15) is 0 Å². The van der Waals surface area contributed by atoms with E-state index in [2.05, 4.69) is 9.88 Å². The molecule has 0 N–H and O–H groups in total. The van der Waals surface area contributed by atoms with Crippen molar-refractivity contribution in [2.24, 2.45) is 0 Å². The van der Waals surface area contributed by atoms with Crippen molar-refractivity contribution in [2.45, 2.75) is 12.8 Å². The topological polar surface area (TPSA) is 92.1 Å². The van der Waals surface area contributed by atoms with E-state index in [1.54, 1.807) is 24.5 Å². The Kier molecular flexibility index (Phi) is 8.64. The molecule has 2 aliphatic heterocycles. The average Bonchev–Trinajstić information content (AvgIpc) is 3.55. The summed E-state index contributed by atoms with van der Waals surface area (Å²) in [6.07, 6.45) is 3.48. The van der Waals surface area contributed by atoms with Gasteiger partial charge in [-0.25, -0.2) is 8.78 Å². The van der Waals surface area contributed by atoms with Crippen LogP contribution < -0.4 is 19.8 Å². The second-order valence-electron chi connectivity index (χ2n) is 11.4. The first kappa shape index (κ1) is 30.5. The molecule has 47 heavy (non-hydrogen) atoms. The van der Waals surface area contributed by atoms with Gasteiger partial charge < -0.3 is 18.9 Å². The summed E-state index contributed by atoms with van der Waals surface area (Å²) < 4.78 is 53.3. The highest BCUT2D eigenvalue weighted by Crippen LogP contribution is 2.34. The lowest BCUT2D eigenvalue weighted by molar-refractivity contribution is 0.0322. The lowest BCUT2D eigenvalue weighted by Gasteiger charge is -2.26. The van der Waals surface area contributed by atoms with Crippen molar-refractivity contribution in [1.82, 2.24) is 14.5 Å². The molecule has 4 heterocycles. The largest absolute Gasteiger partial charge is 0.492 e. The van der Waals surface area contributed by atoms with Crippen LogP contribution in [0.1, 0.15) is 21.5 Å². The van der Waals surface area contributed by atoms with Crippen LogP contribution in [0.5, 0.6) is 23.0 Å². The monoisotopic (exact) mass is 639 g/mol. The molecule has 11 heteroatoms. The normalized spacial score (nSPS) is 14.5. The first-order chi connectivity index (χ1) is 22.9. The van der Waals surface area contributed by atoms with Gasteiger partial charge >= 0.3 is 0 Å². The number of fused-ring (bicyclic) bond motifs is 2. The summed E-state index contributed by atoms with van der Waals surface area (Å²) in [5.41, 5.74) is 1.44. The van der Waals surface area contributed by atoms with E-state index in [9.17, 15) is 14.0 Å². The fourth-order valence-electron chi connectivity index (χ4n) is 5.82. The zero-order valence-corrected chi connectivity index (χ0v) is 25.4. The molecule has 0 saturated carbocycles. The molecule has 3 aromatic carbocycles. The van der Waals surface area contributed by atoms with E-state index >= 15 is 4.39 Å². The van der Waals surface area contributed by atoms with Gasteiger partial charge in [0.25, 0.3) is 5.56 Å². The Morgan fingerprint density at radius 2 is 1.77 bits per heavy atom. The lowest BCUT2D eigenvalue weighted by Crippen LogP contribution is -2.38. The molecular weight excluding hydrogens is 608 g/mol. The van der Waals surface area contributed by atoms with E-state index in [0.717, 1.165) is 32.8 Å². The minimum atomic E-state index is -0.670. The number of carbonyl (C=O) groups is 1. The van der Waals surface area contributed by atoms with Gasteiger partial charge in [0, 0.05) is 61.5 Å². The molecule has 0 unspecified atom stereocenters.